The predicted octanol–water partition coefficient (Wildman–Crippen LogP) is 1.22. The van der Waals surface area contributed by atoms with Gasteiger partial charge in [-0.15, -0.1) is 0 Å². The first-order valence-corrected chi connectivity index (χ1v) is 7.55. The molecule has 1 aliphatic rings. The molecule has 1 aromatic rings. The zero-order valence-electron chi connectivity index (χ0n) is 9.39. The molecule has 1 aliphatic heterocycles. The van der Waals surface area contributed by atoms with E-state index in [0.717, 1.165) is 8.20 Å². The molecule has 0 saturated heterocycles. The lowest BCUT2D eigenvalue weighted by molar-refractivity contribution is 0.0978. The minimum absolute atomic E-state index is 0.126. The van der Waals surface area contributed by atoms with Crippen molar-refractivity contribution in [3.63, 3.8) is 0 Å². The Balaban J connectivity index is 2.59. The molecule has 0 saturated carbocycles. The number of carbonyl (C=O) groups excluding carboxylic acids is 1. The van der Waals surface area contributed by atoms with Crippen molar-refractivity contribution in [3.05, 3.63) is 15.9 Å². The van der Waals surface area contributed by atoms with Crippen LogP contribution in [-0.2, 0) is 0 Å². The van der Waals surface area contributed by atoms with E-state index in [1.54, 1.807) is 0 Å². The average molecular weight is 269 g/mol. The van der Waals surface area contributed by atoms with Crippen molar-refractivity contribution in [2.45, 2.75) is 11.6 Å². The Hall–Kier alpha value is -1.13. The molecule has 90 valence electrons. The number of aromatic nitrogens is 2. The van der Waals surface area contributed by atoms with Gasteiger partial charge in [-0.05, 0) is 6.26 Å². The first kappa shape index (κ1) is 12.3. The van der Waals surface area contributed by atoms with Gasteiger partial charge in [-0.3, -0.25) is 9.59 Å². The van der Waals surface area contributed by atoms with Gasteiger partial charge in [0.25, 0.3) is 5.56 Å². The number of H-pyrrole nitrogens is 1. The van der Waals surface area contributed by atoms with E-state index in [4.69, 9.17) is 0 Å². The van der Waals surface area contributed by atoms with Crippen LogP contribution in [0.25, 0.3) is 0 Å². The summed E-state index contributed by atoms with van der Waals surface area (Å²) in [5, 5.41) is 0.536. The van der Waals surface area contributed by atoms with Crippen molar-refractivity contribution in [1.29, 1.82) is 0 Å². The van der Waals surface area contributed by atoms with Crippen LogP contribution >= 0.6 is 20.0 Å². The lowest BCUT2D eigenvalue weighted by Gasteiger charge is -2.27. The van der Waals surface area contributed by atoms with Gasteiger partial charge in [0.05, 0.1) is 6.29 Å². The minimum Gasteiger partial charge on any atom is -0.348 e. The molecular formula is C10H12N3O2PS. The lowest BCUT2D eigenvalue weighted by atomic mass is 10.1. The summed E-state index contributed by atoms with van der Waals surface area (Å²) >= 11 is 1.35. The highest BCUT2D eigenvalue weighted by atomic mass is 32.2. The van der Waals surface area contributed by atoms with Crippen LogP contribution in [-0.4, -0.2) is 41.1 Å². The predicted molar refractivity (Wildman–Crippen MR) is 71.8 cm³/mol. The van der Waals surface area contributed by atoms with Crippen molar-refractivity contribution in [3.8, 4) is 0 Å². The second kappa shape index (κ2) is 5.02. The van der Waals surface area contributed by atoms with E-state index in [1.807, 2.05) is 11.2 Å². The maximum Gasteiger partial charge on any atom is 0.264 e. The topological polar surface area (TPSA) is 66.1 Å². The zero-order valence-corrected chi connectivity index (χ0v) is 11.1. The second-order valence-electron chi connectivity index (χ2n) is 3.58. The second-order valence-corrected chi connectivity index (χ2v) is 5.10. The summed E-state index contributed by atoms with van der Waals surface area (Å²) in [6.07, 6.45) is 6.65. The number of carbonyl (C=O) groups is 1. The molecule has 0 amide bonds. The van der Waals surface area contributed by atoms with Gasteiger partial charge in [-0.1, -0.05) is 26.3 Å². The zero-order chi connectivity index (χ0) is 12.4. The summed E-state index contributed by atoms with van der Waals surface area (Å²) in [6, 6.07) is 0. The normalized spacial score (nSPS) is 15.1. The summed E-state index contributed by atoms with van der Waals surface area (Å²) in [6.45, 7) is 0.610. The van der Waals surface area contributed by atoms with Crippen molar-refractivity contribution in [1.82, 2.24) is 9.97 Å². The number of nitrogens with zero attached hydrogens (tertiary/aromatic N) is 2. The number of rotatable bonds is 3. The van der Waals surface area contributed by atoms with Gasteiger partial charge in [0.15, 0.2) is 10.9 Å². The van der Waals surface area contributed by atoms with E-state index in [1.165, 1.54) is 11.8 Å². The number of ketones is 1. The minimum atomic E-state index is -0.338. The maximum atomic E-state index is 11.8. The Morgan fingerprint density at radius 3 is 3.00 bits per heavy atom. The standard InChI is InChI=1S/C10H12N3O2PS/c1-16-5-13-4-3-6(14)7-8(13)11-10(17-2)12-9(7)15/h1,3-5H2,2H3,(H,11,12,15). The van der Waals surface area contributed by atoms with Gasteiger partial charge in [0.2, 0.25) is 0 Å². The van der Waals surface area contributed by atoms with Crippen LogP contribution in [0.4, 0.5) is 5.82 Å². The molecule has 2 heterocycles. The number of fused-ring (bicyclic) bond motifs is 1. The first-order chi connectivity index (χ1) is 8.17. The number of anilines is 1. The molecule has 5 nitrogen and oxygen atoms in total. The smallest absolute Gasteiger partial charge is 0.264 e. The molecule has 7 heteroatoms. The molecule has 1 aromatic heterocycles. The highest BCUT2D eigenvalue weighted by Crippen LogP contribution is 2.24. The molecule has 0 fully saturated rings. The number of hydrogen-bond donors (Lipinski definition) is 1. The molecule has 17 heavy (non-hydrogen) atoms. The van der Waals surface area contributed by atoms with Crippen LogP contribution in [0, 0.1) is 0 Å². The summed E-state index contributed by atoms with van der Waals surface area (Å²) < 4.78 is 0. The van der Waals surface area contributed by atoms with Crippen molar-refractivity contribution < 1.29 is 4.79 Å². The summed E-state index contributed by atoms with van der Waals surface area (Å²) in [7, 11) is 0.945. The maximum absolute atomic E-state index is 11.8. The van der Waals surface area contributed by atoms with Gasteiger partial charge >= 0.3 is 0 Å². The largest absolute Gasteiger partial charge is 0.348 e. The van der Waals surface area contributed by atoms with Crippen molar-refractivity contribution in [2.24, 2.45) is 0 Å². The number of nitrogens with one attached hydrogen (secondary N) is 1. The van der Waals surface area contributed by atoms with Gasteiger partial charge in [0.1, 0.15) is 11.4 Å². The monoisotopic (exact) mass is 269 g/mol. The molecule has 0 atom stereocenters. The fourth-order valence-corrected chi connectivity index (χ4v) is 2.63. The molecule has 0 aliphatic carbocycles. The molecular weight excluding hydrogens is 257 g/mol. The van der Waals surface area contributed by atoms with E-state index in [-0.39, 0.29) is 16.9 Å². The Morgan fingerprint density at radius 2 is 2.35 bits per heavy atom. The molecule has 1 N–H and O–H groups in total. The van der Waals surface area contributed by atoms with Crippen LogP contribution in [0.1, 0.15) is 16.8 Å². The molecule has 0 spiro atoms. The van der Waals surface area contributed by atoms with Crippen LogP contribution < -0.4 is 10.5 Å². The van der Waals surface area contributed by atoms with Gasteiger partial charge in [-0.2, -0.15) is 0 Å². The van der Waals surface area contributed by atoms with Crippen molar-refractivity contribution >= 4 is 37.9 Å². The fraction of sp³-hybridized carbons (Fsp3) is 0.400. The van der Waals surface area contributed by atoms with Gasteiger partial charge < -0.3 is 9.88 Å². The number of hydrogen-bond acceptors (Lipinski definition) is 5. The quantitative estimate of drug-likeness (QED) is 0.508. The van der Waals surface area contributed by atoms with E-state index in [0.29, 0.717) is 30.2 Å². The highest BCUT2D eigenvalue weighted by Gasteiger charge is 2.27. The Morgan fingerprint density at radius 1 is 1.59 bits per heavy atom. The molecule has 0 aromatic carbocycles. The number of aromatic amines is 1. The Bertz CT molecular complexity index is 529. The third-order valence-corrected chi connectivity index (χ3v) is 3.65. The van der Waals surface area contributed by atoms with Gasteiger partial charge in [0, 0.05) is 13.0 Å². The fourth-order valence-electron chi connectivity index (χ4n) is 1.74. The number of thioether (sulfide) groups is 1. The van der Waals surface area contributed by atoms with E-state index in [2.05, 4.69) is 16.3 Å². The van der Waals surface area contributed by atoms with Crippen LogP contribution in [0.3, 0.4) is 0 Å². The lowest BCUT2D eigenvalue weighted by Crippen LogP contribution is -2.36. The van der Waals surface area contributed by atoms with Crippen LogP contribution in [0.5, 0.6) is 0 Å². The molecule has 2 rings (SSSR count). The van der Waals surface area contributed by atoms with Crippen LogP contribution in [0.15, 0.2) is 9.95 Å². The third kappa shape index (κ3) is 2.28. The Kier molecular flexibility index (Phi) is 3.64. The summed E-state index contributed by atoms with van der Waals surface area (Å²) in [5.74, 6) is 0.379. The third-order valence-electron chi connectivity index (χ3n) is 2.53. The average Bonchev–Trinajstić information content (AvgIpc) is 2.32. The van der Waals surface area contributed by atoms with E-state index < -0.39 is 0 Å². The number of Topliss-reactive ketones (excluding diaryl/α,β-unsaturated/α-hetero) is 1. The summed E-state index contributed by atoms with van der Waals surface area (Å²) in [5.41, 5.74) is -0.146. The van der Waals surface area contributed by atoms with E-state index >= 15 is 0 Å². The molecule has 0 radical (unpaired) electrons. The molecule has 0 unspecified atom stereocenters. The van der Waals surface area contributed by atoms with Gasteiger partial charge in [-0.25, -0.2) is 4.98 Å². The highest BCUT2D eigenvalue weighted by molar-refractivity contribution is 7.98. The SMILES string of the molecule is C=PCN1CCC(=O)c2c1nc(SC)[nH]c2=O. The first-order valence-electron chi connectivity index (χ1n) is 5.06. The summed E-state index contributed by atoms with van der Waals surface area (Å²) in [4.78, 5) is 32.5. The Labute approximate surface area is 104 Å². The van der Waals surface area contributed by atoms with Crippen LogP contribution in [0.2, 0.25) is 0 Å². The van der Waals surface area contributed by atoms with Crippen molar-refractivity contribution in [2.75, 3.05) is 24.0 Å². The molecule has 0 bridgehead atoms. The van der Waals surface area contributed by atoms with E-state index in [9.17, 15) is 9.59 Å².